The molecule has 5 rings (SSSR count). The monoisotopic (exact) mass is 581 g/mol. The number of nitrogens with one attached hydrogen (secondary N) is 3. The third-order valence-electron chi connectivity index (χ3n) is 5.73. The molecule has 2 amide bonds. The summed E-state index contributed by atoms with van der Waals surface area (Å²) in [6, 6.07) is 30.7. The number of ether oxygens (including phenoxy) is 1. The molecule has 8 nitrogen and oxygen atoms in total. The molecule has 10 heteroatoms. The number of halogens is 1. The highest BCUT2D eigenvalue weighted by Crippen LogP contribution is 2.28. The fraction of sp³-hybridized carbons (Fsp3) is 0.0323. The lowest BCUT2D eigenvalue weighted by Gasteiger charge is -2.07. The number of rotatable bonds is 10. The maximum Gasteiger partial charge on any atom is 0.271 e. The van der Waals surface area contributed by atoms with Crippen molar-refractivity contribution in [2.45, 2.75) is 0 Å². The van der Waals surface area contributed by atoms with Crippen molar-refractivity contribution in [3.8, 4) is 17.0 Å². The Morgan fingerprint density at radius 2 is 1.61 bits per heavy atom. The van der Waals surface area contributed by atoms with Crippen LogP contribution in [0.3, 0.4) is 0 Å². The molecule has 3 N–H and O–H groups in total. The Morgan fingerprint density at radius 1 is 0.878 bits per heavy atom. The fourth-order valence-electron chi connectivity index (χ4n) is 3.66. The molecule has 1 aromatic heterocycles. The van der Waals surface area contributed by atoms with Crippen molar-refractivity contribution in [2.75, 3.05) is 17.2 Å². The van der Waals surface area contributed by atoms with Gasteiger partial charge in [0.25, 0.3) is 11.8 Å². The normalized spacial score (nSPS) is 10.8. The van der Waals surface area contributed by atoms with Gasteiger partial charge in [0.1, 0.15) is 5.75 Å². The van der Waals surface area contributed by atoms with Crippen molar-refractivity contribution in [3.63, 3.8) is 0 Å². The Balaban J connectivity index is 1.08. The molecule has 4 aromatic carbocycles. The van der Waals surface area contributed by atoms with E-state index in [1.165, 1.54) is 17.6 Å². The molecule has 0 aliphatic rings. The van der Waals surface area contributed by atoms with Crippen molar-refractivity contribution in [3.05, 3.63) is 125 Å². The molecule has 204 valence electrons. The highest BCUT2D eigenvalue weighted by molar-refractivity contribution is 7.14. The number of carbonyl (C=O) groups is 2. The van der Waals surface area contributed by atoms with Crippen LogP contribution in [0.15, 0.2) is 114 Å². The van der Waals surface area contributed by atoms with Crippen LogP contribution in [0.25, 0.3) is 11.3 Å². The first-order chi connectivity index (χ1) is 20.0. The molecule has 41 heavy (non-hydrogen) atoms. The van der Waals surface area contributed by atoms with E-state index >= 15 is 0 Å². The molecule has 0 fully saturated rings. The minimum absolute atomic E-state index is 0.110. The number of para-hydroxylation sites is 1. The van der Waals surface area contributed by atoms with E-state index in [0.717, 1.165) is 27.6 Å². The average molecular weight is 582 g/mol. The Labute approximate surface area is 245 Å². The number of anilines is 3. The molecule has 1 heterocycles. The first kappa shape index (κ1) is 27.6. The highest BCUT2D eigenvalue weighted by atomic mass is 35.5. The summed E-state index contributed by atoms with van der Waals surface area (Å²) in [5, 5.41) is 13.4. The van der Waals surface area contributed by atoms with Gasteiger partial charge in [-0.25, -0.2) is 10.4 Å². The number of hydrazone groups is 1. The van der Waals surface area contributed by atoms with E-state index < -0.39 is 0 Å². The van der Waals surface area contributed by atoms with Gasteiger partial charge >= 0.3 is 0 Å². The summed E-state index contributed by atoms with van der Waals surface area (Å²) in [7, 11) is 0. The molecule has 0 saturated heterocycles. The molecule has 0 bridgehead atoms. The van der Waals surface area contributed by atoms with Crippen LogP contribution in [0, 0.1) is 0 Å². The number of carbonyl (C=O) groups excluding carboxylic acids is 2. The zero-order valence-corrected chi connectivity index (χ0v) is 23.2. The summed E-state index contributed by atoms with van der Waals surface area (Å²) in [4.78, 5) is 29.2. The predicted molar refractivity (Wildman–Crippen MR) is 164 cm³/mol. The predicted octanol–water partition coefficient (Wildman–Crippen LogP) is 6.99. The van der Waals surface area contributed by atoms with E-state index in [0.29, 0.717) is 22.0 Å². The number of thiazole rings is 1. The molecule has 0 aliphatic carbocycles. The number of amides is 2. The largest absolute Gasteiger partial charge is 0.484 e. The van der Waals surface area contributed by atoms with Crippen LogP contribution >= 0.6 is 22.9 Å². The van der Waals surface area contributed by atoms with Gasteiger partial charge in [0.15, 0.2) is 11.7 Å². The van der Waals surface area contributed by atoms with Crippen molar-refractivity contribution in [1.82, 2.24) is 10.4 Å². The smallest absolute Gasteiger partial charge is 0.271 e. The topological polar surface area (TPSA) is 105 Å². The van der Waals surface area contributed by atoms with E-state index in [9.17, 15) is 9.59 Å². The number of benzene rings is 4. The SMILES string of the molecule is O=C(COc1ccc(/C=N\NC(=O)c2ccc(-c3csc(Nc4ccc(Cl)cc4)n3)cc2)cc1)Nc1ccccc1. The minimum atomic E-state index is -0.333. The van der Waals surface area contributed by atoms with Crippen LogP contribution in [-0.4, -0.2) is 29.6 Å². The Kier molecular flexibility index (Phi) is 9.00. The fourth-order valence-corrected chi connectivity index (χ4v) is 4.53. The van der Waals surface area contributed by atoms with Gasteiger partial charge in [-0.05, 0) is 78.4 Å². The van der Waals surface area contributed by atoms with Gasteiger partial charge < -0.3 is 15.4 Å². The van der Waals surface area contributed by atoms with E-state index in [1.54, 1.807) is 48.5 Å². The molecule has 0 unspecified atom stereocenters. The molecular weight excluding hydrogens is 558 g/mol. The summed E-state index contributed by atoms with van der Waals surface area (Å²) in [6.45, 7) is -0.110. The number of hydrogen-bond acceptors (Lipinski definition) is 7. The van der Waals surface area contributed by atoms with Crippen LogP contribution in [0.2, 0.25) is 5.02 Å². The summed E-state index contributed by atoms with van der Waals surface area (Å²) in [5.41, 5.74) is 7.07. The van der Waals surface area contributed by atoms with Gasteiger partial charge in [-0.3, -0.25) is 9.59 Å². The minimum Gasteiger partial charge on any atom is -0.484 e. The van der Waals surface area contributed by atoms with Gasteiger partial charge in [-0.1, -0.05) is 41.9 Å². The van der Waals surface area contributed by atoms with E-state index in [1.807, 2.05) is 60.0 Å². The van der Waals surface area contributed by atoms with Crippen LogP contribution in [0.4, 0.5) is 16.5 Å². The lowest BCUT2D eigenvalue weighted by molar-refractivity contribution is -0.118. The molecule has 0 radical (unpaired) electrons. The van der Waals surface area contributed by atoms with Gasteiger partial charge in [-0.2, -0.15) is 5.10 Å². The lowest BCUT2D eigenvalue weighted by atomic mass is 10.1. The molecule has 0 atom stereocenters. The Bertz CT molecular complexity index is 1640. The third kappa shape index (κ3) is 8.01. The van der Waals surface area contributed by atoms with Gasteiger partial charge in [0, 0.05) is 32.9 Å². The summed E-state index contributed by atoms with van der Waals surface area (Å²) in [6.07, 6.45) is 1.53. The standard InChI is InChI=1S/C31H24ClN5O3S/c32-24-12-14-26(15-13-24)35-31-36-28(20-41-31)22-8-10-23(11-9-22)30(39)37-33-18-21-6-16-27(17-7-21)40-19-29(38)34-25-4-2-1-3-5-25/h1-18,20H,19H2,(H,34,38)(H,35,36)(H,37,39)/b33-18-. The van der Waals surface area contributed by atoms with Crippen LogP contribution < -0.4 is 20.8 Å². The van der Waals surface area contributed by atoms with E-state index in [-0.39, 0.29) is 18.4 Å². The molecule has 5 aromatic rings. The van der Waals surface area contributed by atoms with Gasteiger partial charge in [0.2, 0.25) is 0 Å². The summed E-state index contributed by atoms with van der Waals surface area (Å²) < 4.78 is 5.53. The van der Waals surface area contributed by atoms with Gasteiger partial charge in [0.05, 0.1) is 11.9 Å². The quantitative estimate of drug-likeness (QED) is 0.122. The summed E-state index contributed by atoms with van der Waals surface area (Å²) >= 11 is 7.43. The van der Waals surface area contributed by atoms with Crippen LogP contribution in [0.5, 0.6) is 5.75 Å². The van der Waals surface area contributed by atoms with Crippen molar-refractivity contribution in [2.24, 2.45) is 5.10 Å². The average Bonchev–Trinajstić information content (AvgIpc) is 3.47. The van der Waals surface area contributed by atoms with Crippen molar-refractivity contribution in [1.29, 1.82) is 0 Å². The van der Waals surface area contributed by atoms with E-state index in [4.69, 9.17) is 16.3 Å². The second kappa shape index (κ2) is 13.4. The van der Waals surface area contributed by atoms with E-state index in [2.05, 4.69) is 26.1 Å². The van der Waals surface area contributed by atoms with Crippen LogP contribution in [-0.2, 0) is 4.79 Å². The zero-order valence-electron chi connectivity index (χ0n) is 21.6. The first-order valence-electron chi connectivity index (χ1n) is 12.5. The lowest BCUT2D eigenvalue weighted by Crippen LogP contribution is -2.20. The van der Waals surface area contributed by atoms with Crippen LogP contribution in [0.1, 0.15) is 15.9 Å². The second-order valence-electron chi connectivity index (χ2n) is 8.72. The second-order valence-corrected chi connectivity index (χ2v) is 10.0. The molecule has 0 spiro atoms. The maximum atomic E-state index is 12.5. The molecule has 0 aliphatic heterocycles. The summed E-state index contributed by atoms with van der Waals surface area (Å²) in [5.74, 6) is -0.0388. The zero-order chi connectivity index (χ0) is 28.4. The first-order valence-corrected chi connectivity index (χ1v) is 13.8. The van der Waals surface area contributed by atoms with Crippen molar-refractivity contribution >= 4 is 57.5 Å². The number of nitrogens with zero attached hydrogens (tertiary/aromatic N) is 2. The molecular formula is C31H24ClN5O3S. The third-order valence-corrected chi connectivity index (χ3v) is 6.74. The van der Waals surface area contributed by atoms with Gasteiger partial charge in [-0.15, -0.1) is 11.3 Å². The molecule has 0 saturated carbocycles. The Morgan fingerprint density at radius 3 is 2.34 bits per heavy atom. The number of hydrogen-bond donors (Lipinski definition) is 3. The maximum absolute atomic E-state index is 12.5. The number of aromatic nitrogens is 1. The Hall–Kier alpha value is -4.99. The van der Waals surface area contributed by atoms with Crippen molar-refractivity contribution < 1.29 is 14.3 Å². The highest BCUT2D eigenvalue weighted by Gasteiger charge is 2.09.